The minimum absolute atomic E-state index is 0.0381. The van der Waals surface area contributed by atoms with Gasteiger partial charge in [-0.15, -0.1) is 0 Å². The first kappa shape index (κ1) is 34.1. The molecular weight excluding hydrogens is 663 g/mol. The Morgan fingerprint density at radius 2 is 1.37 bits per heavy atom. The molecule has 1 aliphatic heterocycles. The normalized spacial score (nSPS) is 11.7. The molecule has 1 aliphatic carbocycles. The third-order valence-corrected chi connectivity index (χ3v) is 8.93. The summed E-state index contributed by atoms with van der Waals surface area (Å²) in [6.07, 6.45) is 0. The number of carbonyl (C=O) groups is 1. The molecule has 0 radical (unpaired) electrons. The molecule has 0 atom stereocenters. The van der Waals surface area contributed by atoms with Crippen LogP contribution in [0.1, 0.15) is 44.3 Å². The van der Waals surface area contributed by atoms with Crippen LogP contribution >= 0.6 is 23.2 Å². The van der Waals surface area contributed by atoms with Gasteiger partial charge in [0.1, 0.15) is 17.1 Å². The van der Waals surface area contributed by atoms with Crippen LogP contribution in [-0.4, -0.2) is 50.0 Å². The Bertz CT molecular complexity index is 2250. The van der Waals surface area contributed by atoms with Crippen LogP contribution in [0.4, 0.5) is 0 Å². The largest absolute Gasteiger partial charge is 0.506 e. The van der Waals surface area contributed by atoms with Crippen molar-refractivity contribution in [1.29, 1.82) is 0 Å². The second-order valence-electron chi connectivity index (χ2n) is 12.3. The number of benzene rings is 3. The highest BCUT2D eigenvalue weighted by atomic mass is 35.5. The number of hydrogen-bond acceptors (Lipinski definition) is 8. The van der Waals surface area contributed by atoms with E-state index in [2.05, 4.69) is 9.97 Å². The number of halogens is 2. The number of fused-ring (bicyclic) bond motifs is 2. The quantitative estimate of drug-likeness (QED) is 0.138. The third kappa shape index (κ3) is 7.02. The van der Waals surface area contributed by atoms with Gasteiger partial charge in [-0.1, -0.05) is 53.5 Å². The average Bonchev–Trinajstić information content (AvgIpc) is 3.05. The van der Waals surface area contributed by atoms with E-state index in [9.17, 15) is 19.8 Å². The number of rotatable bonds is 10. The van der Waals surface area contributed by atoms with Crippen molar-refractivity contribution in [3.8, 4) is 28.2 Å². The van der Waals surface area contributed by atoms with E-state index in [1.54, 1.807) is 24.3 Å². The summed E-state index contributed by atoms with van der Waals surface area (Å²) >= 11 is 13.3. The first-order valence-corrected chi connectivity index (χ1v) is 16.3. The zero-order chi connectivity index (χ0) is 35.0. The Morgan fingerprint density at radius 1 is 0.776 bits per heavy atom. The summed E-state index contributed by atoms with van der Waals surface area (Å²) in [5, 5.41) is 22.1. The lowest BCUT2D eigenvalue weighted by molar-refractivity contribution is 0.0697. The van der Waals surface area contributed by atoms with E-state index in [1.165, 1.54) is 12.1 Å². The van der Waals surface area contributed by atoms with Crippen LogP contribution in [0.15, 0.2) is 82.0 Å². The smallest absolute Gasteiger partial charge is 0.336 e. The monoisotopic (exact) mass is 696 g/mol. The van der Waals surface area contributed by atoms with Crippen LogP contribution in [0, 0.1) is 13.8 Å². The molecular formula is C38H34Cl2N4O5. The van der Waals surface area contributed by atoms with Gasteiger partial charge in [0.2, 0.25) is 5.43 Å². The predicted octanol–water partition coefficient (Wildman–Crippen LogP) is 7.95. The standard InChI is InChI=1S/C38H34Cl2N4O5/c1-21-9-7-11-23(41-21)17-43(3)19-29-34(45)31(39)15-27-33(25-13-5-6-14-26(25)38(47)48)28-16-32(40)35(46)30(37(28)49-36(27)29)20-44(4)18-24-12-8-10-22(2)42-24/h5-16,45H,17-20H2,1-4H3,(H,47,48). The molecule has 250 valence electrons. The maximum absolute atomic E-state index is 13.8. The number of aromatic carboxylic acids is 1. The Morgan fingerprint density at radius 3 is 1.96 bits per heavy atom. The van der Waals surface area contributed by atoms with Crippen LogP contribution in [-0.2, 0) is 26.2 Å². The Kier molecular flexibility index (Phi) is 9.72. The Labute approximate surface area is 293 Å². The Hall–Kier alpha value is -4.80. The SMILES string of the molecule is Cc1cccc(CN(C)Cc2c3oc4c(CN(C)Cc5cccc(C)n5)c(O)c(Cl)cc4c(-c4ccccc4C(=O)O)c-3cc(Cl)c2=O)n1. The molecule has 0 fully saturated rings. The molecule has 0 bridgehead atoms. The van der Waals surface area contributed by atoms with Crippen molar-refractivity contribution in [2.75, 3.05) is 14.1 Å². The lowest BCUT2D eigenvalue weighted by Gasteiger charge is -2.24. The van der Waals surface area contributed by atoms with E-state index in [-0.39, 0.29) is 51.4 Å². The molecule has 0 spiro atoms. The zero-order valence-electron chi connectivity index (χ0n) is 27.4. The molecule has 0 amide bonds. The van der Waals surface area contributed by atoms with E-state index in [0.29, 0.717) is 40.7 Å². The predicted molar refractivity (Wildman–Crippen MR) is 191 cm³/mol. The van der Waals surface area contributed by atoms with E-state index >= 15 is 0 Å². The number of carboxylic acids is 1. The highest BCUT2D eigenvalue weighted by Crippen LogP contribution is 2.47. The van der Waals surface area contributed by atoms with Crippen LogP contribution in [0.3, 0.4) is 0 Å². The highest BCUT2D eigenvalue weighted by molar-refractivity contribution is 6.33. The molecule has 3 heterocycles. The molecule has 9 nitrogen and oxygen atoms in total. The molecule has 0 saturated carbocycles. The van der Waals surface area contributed by atoms with Gasteiger partial charge in [-0.3, -0.25) is 24.6 Å². The first-order chi connectivity index (χ1) is 23.4. The van der Waals surface area contributed by atoms with Crippen molar-refractivity contribution in [1.82, 2.24) is 19.8 Å². The molecule has 2 aliphatic rings. The number of hydrogen-bond donors (Lipinski definition) is 2. The zero-order valence-corrected chi connectivity index (χ0v) is 28.9. The number of phenols is 1. The van der Waals surface area contributed by atoms with Crippen molar-refractivity contribution in [3.63, 3.8) is 0 Å². The summed E-state index contributed by atoms with van der Waals surface area (Å²) in [7, 11) is 3.75. The molecule has 4 aromatic rings. The number of aromatic nitrogens is 2. The first-order valence-electron chi connectivity index (χ1n) is 15.6. The molecule has 2 aromatic heterocycles. The molecule has 49 heavy (non-hydrogen) atoms. The summed E-state index contributed by atoms with van der Waals surface area (Å²) in [6.45, 7) is 5.08. The van der Waals surface area contributed by atoms with Gasteiger partial charge in [-0.25, -0.2) is 4.79 Å². The van der Waals surface area contributed by atoms with Crippen molar-refractivity contribution in [3.05, 3.63) is 133 Å². The summed E-state index contributed by atoms with van der Waals surface area (Å²) in [5.74, 6) is -1.09. The highest BCUT2D eigenvalue weighted by Gasteiger charge is 2.29. The molecule has 2 aromatic carbocycles. The topological polar surface area (TPSA) is 120 Å². The molecule has 0 unspecified atom stereocenters. The summed E-state index contributed by atoms with van der Waals surface area (Å²) < 4.78 is 6.67. The number of pyridine rings is 2. The maximum atomic E-state index is 13.8. The maximum Gasteiger partial charge on any atom is 0.336 e. The van der Waals surface area contributed by atoms with Crippen molar-refractivity contribution in [2.45, 2.75) is 40.0 Å². The van der Waals surface area contributed by atoms with Gasteiger partial charge in [0.15, 0.2) is 0 Å². The van der Waals surface area contributed by atoms with Gasteiger partial charge < -0.3 is 14.6 Å². The number of aromatic hydroxyl groups is 1. The van der Waals surface area contributed by atoms with Gasteiger partial charge in [-0.2, -0.15) is 0 Å². The fraction of sp³-hybridized carbons (Fsp3) is 0.211. The second kappa shape index (κ2) is 14.0. The number of carboxylic acid groups (broad SMARTS) is 1. The van der Waals surface area contributed by atoms with Crippen LogP contribution in [0.5, 0.6) is 5.75 Å². The minimum Gasteiger partial charge on any atom is -0.506 e. The fourth-order valence-corrected chi connectivity index (χ4v) is 6.69. The fourth-order valence-electron chi connectivity index (χ4n) is 6.24. The molecule has 11 heteroatoms. The van der Waals surface area contributed by atoms with Gasteiger partial charge >= 0.3 is 5.97 Å². The van der Waals surface area contributed by atoms with E-state index in [4.69, 9.17) is 27.6 Å². The van der Waals surface area contributed by atoms with Crippen LogP contribution in [0.2, 0.25) is 10.0 Å². The summed E-state index contributed by atoms with van der Waals surface area (Å²) in [5.41, 5.74) is 5.25. The van der Waals surface area contributed by atoms with E-state index in [1.807, 2.05) is 74.1 Å². The number of nitrogens with zero attached hydrogens (tertiary/aromatic N) is 4. The average molecular weight is 698 g/mol. The van der Waals surface area contributed by atoms with E-state index in [0.717, 1.165) is 22.8 Å². The van der Waals surface area contributed by atoms with Crippen LogP contribution in [0.25, 0.3) is 33.4 Å². The van der Waals surface area contributed by atoms with Crippen LogP contribution < -0.4 is 5.43 Å². The van der Waals surface area contributed by atoms with Crippen molar-refractivity contribution >= 4 is 40.1 Å². The van der Waals surface area contributed by atoms with Gasteiger partial charge in [0.25, 0.3) is 0 Å². The molecule has 0 saturated heterocycles. The number of aryl methyl sites for hydroxylation is 2. The summed E-state index contributed by atoms with van der Waals surface area (Å²) in [6, 6.07) is 21.2. The van der Waals surface area contributed by atoms with E-state index < -0.39 is 11.4 Å². The third-order valence-electron chi connectivity index (χ3n) is 8.36. The molecule has 6 rings (SSSR count). The molecule has 2 N–H and O–H groups in total. The lowest BCUT2D eigenvalue weighted by atomic mass is 9.88. The van der Waals surface area contributed by atoms with Crippen molar-refractivity contribution < 1.29 is 19.4 Å². The van der Waals surface area contributed by atoms with Gasteiger partial charge in [0.05, 0.1) is 38.1 Å². The summed E-state index contributed by atoms with van der Waals surface area (Å²) in [4.78, 5) is 39.4. The minimum atomic E-state index is -1.13. The van der Waals surface area contributed by atoms with Gasteiger partial charge in [0, 0.05) is 54.1 Å². The van der Waals surface area contributed by atoms with Gasteiger partial charge in [-0.05, 0) is 76.0 Å². The van der Waals surface area contributed by atoms with Crippen molar-refractivity contribution in [2.24, 2.45) is 0 Å². The lowest BCUT2D eigenvalue weighted by Crippen LogP contribution is -2.24. The second-order valence-corrected chi connectivity index (χ2v) is 13.1. The Balaban J connectivity index is 1.60. The number of phenolic OH excluding ortho intramolecular Hbond substituents is 1.